The molecule has 1 aromatic rings. The van der Waals surface area contributed by atoms with Gasteiger partial charge in [0, 0.05) is 24.4 Å². The predicted molar refractivity (Wildman–Crippen MR) is 67.5 cm³/mol. The number of nitrogens with zero attached hydrogens (tertiary/aromatic N) is 1. The van der Waals surface area contributed by atoms with Gasteiger partial charge in [-0.1, -0.05) is 0 Å². The van der Waals surface area contributed by atoms with Gasteiger partial charge < -0.3 is 15.0 Å². The fraction of sp³-hybridized carbons (Fsp3) is 0.583. The zero-order chi connectivity index (χ0) is 13.7. The normalized spacial score (nSPS) is 12.2. The van der Waals surface area contributed by atoms with E-state index in [2.05, 4.69) is 15.3 Å². The standard InChI is InChI=1S/C12H19N3O3/c1-7(6-18-4)13-11(16)5-10-8(2)14-9(3)15-12(10)17/h7H,5-6H2,1-4H3,(H,13,16)(H,14,15,17)/t7-/m0/s1. The highest BCUT2D eigenvalue weighted by molar-refractivity contribution is 5.78. The maximum absolute atomic E-state index is 11.7. The van der Waals surface area contributed by atoms with Crippen LogP contribution in [0.4, 0.5) is 0 Å². The van der Waals surface area contributed by atoms with Crippen LogP contribution in [0.2, 0.25) is 0 Å². The van der Waals surface area contributed by atoms with Gasteiger partial charge >= 0.3 is 0 Å². The molecule has 0 aliphatic rings. The number of carbonyl (C=O) groups excluding carboxylic acids is 1. The van der Waals surface area contributed by atoms with Gasteiger partial charge in [-0.3, -0.25) is 9.59 Å². The lowest BCUT2D eigenvalue weighted by Gasteiger charge is -2.13. The van der Waals surface area contributed by atoms with Crippen LogP contribution in [0.25, 0.3) is 0 Å². The van der Waals surface area contributed by atoms with Crippen LogP contribution < -0.4 is 10.9 Å². The lowest BCUT2D eigenvalue weighted by Crippen LogP contribution is -2.37. The smallest absolute Gasteiger partial charge is 0.254 e. The topological polar surface area (TPSA) is 84.1 Å². The zero-order valence-corrected chi connectivity index (χ0v) is 11.2. The van der Waals surface area contributed by atoms with Crippen molar-refractivity contribution in [1.82, 2.24) is 15.3 Å². The average molecular weight is 253 g/mol. The Labute approximate surface area is 106 Å². The zero-order valence-electron chi connectivity index (χ0n) is 11.2. The number of aromatic amines is 1. The van der Waals surface area contributed by atoms with E-state index in [0.717, 1.165) is 0 Å². The number of nitrogens with one attached hydrogen (secondary N) is 2. The fourth-order valence-electron chi connectivity index (χ4n) is 1.74. The molecule has 1 amide bonds. The lowest BCUT2D eigenvalue weighted by molar-refractivity contribution is -0.121. The van der Waals surface area contributed by atoms with E-state index in [1.54, 1.807) is 21.0 Å². The van der Waals surface area contributed by atoms with Gasteiger partial charge in [0.25, 0.3) is 5.56 Å². The molecule has 0 aliphatic heterocycles. The minimum Gasteiger partial charge on any atom is -0.383 e. The molecule has 0 unspecified atom stereocenters. The maximum Gasteiger partial charge on any atom is 0.254 e. The van der Waals surface area contributed by atoms with Crippen molar-refractivity contribution in [2.24, 2.45) is 0 Å². The second kappa shape index (κ2) is 6.30. The summed E-state index contributed by atoms with van der Waals surface area (Å²) < 4.78 is 4.92. The molecule has 6 nitrogen and oxygen atoms in total. The highest BCUT2D eigenvalue weighted by Gasteiger charge is 2.13. The van der Waals surface area contributed by atoms with E-state index < -0.39 is 0 Å². The summed E-state index contributed by atoms with van der Waals surface area (Å²) in [6.45, 7) is 5.71. The summed E-state index contributed by atoms with van der Waals surface area (Å²) in [5.41, 5.74) is 0.739. The fourth-order valence-corrected chi connectivity index (χ4v) is 1.74. The van der Waals surface area contributed by atoms with Crippen LogP contribution in [0, 0.1) is 13.8 Å². The first-order valence-electron chi connectivity index (χ1n) is 5.78. The largest absolute Gasteiger partial charge is 0.383 e. The molecule has 1 atom stereocenters. The Bertz CT molecular complexity index is 482. The highest BCUT2D eigenvalue weighted by atomic mass is 16.5. The van der Waals surface area contributed by atoms with Crippen molar-refractivity contribution in [2.75, 3.05) is 13.7 Å². The molecule has 0 spiro atoms. The molecular weight excluding hydrogens is 234 g/mol. The molecule has 1 rings (SSSR count). The summed E-state index contributed by atoms with van der Waals surface area (Å²) >= 11 is 0. The number of aromatic nitrogens is 2. The molecule has 0 aliphatic carbocycles. The lowest BCUT2D eigenvalue weighted by atomic mass is 10.1. The summed E-state index contributed by atoms with van der Waals surface area (Å²) in [4.78, 5) is 30.2. The van der Waals surface area contributed by atoms with Crippen molar-refractivity contribution >= 4 is 5.91 Å². The first kappa shape index (κ1) is 14.4. The number of amides is 1. The Hall–Kier alpha value is -1.69. The molecule has 1 heterocycles. The van der Waals surface area contributed by atoms with Crippen LogP contribution in [0.3, 0.4) is 0 Å². The minimum absolute atomic E-state index is 0.0303. The summed E-state index contributed by atoms with van der Waals surface area (Å²) in [6.07, 6.45) is 0.0303. The molecule has 0 fully saturated rings. The van der Waals surface area contributed by atoms with Crippen molar-refractivity contribution in [3.8, 4) is 0 Å². The van der Waals surface area contributed by atoms with Crippen LogP contribution in [0.15, 0.2) is 4.79 Å². The predicted octanol–water partition coefficient (Wildman–Crippen LogP) is 0.0803. The number of H-pyrrole nitrogens is 1. The van der Waals surface area contributed by atoms with Gasteiger partial charge in [-0.05, 0) is 20.8 Å². The quantitative estimate of drug-likeness (QED) is 0.778. The molecule has 0 saturated heterocycles. The summed E-state index contributed by atoms with van der Waals surface area (Å²) in [5.74, 6) is 0.341. The Kier molecular flexibility index (Phi) is 5.03. The number of ether oxygens (including phenoxy) is 1. The molecule has 6 heteroatoms. The Morgan fingerprint density at radius 3 is 2.72 bits per heavy atom. The number of hydrogen-bond acceptors (Lipinski definition) is 4. The maximum atomic E-state index is 11.7. The number of rotatable bonds is 5. The number of carbonyl (C=O) groups is 1. The molecule has 0 saturated carbocycles. The van der Waals surface area contributed by atoms with E-state index in [0.29, 0.717) is 23.7 Å². The second-order valence-electron chi connectivity index (χ2n) is 4.32. The van der Waals surface area contributed by atoms with Gasteiger partial charge in [-0.25, -0.2) is 4.98 Å². The first-order valence-corrected chi connectivity index (χ1v) is 5.78. The number of hydrogen-bond donors (Lipinski definition) is 2. The van der Waals surface area contributed by atoms with E-state index in [1.807, 2.05) is 6.92 Å². The molecular formula is C12H19N3O3. The van der Waals surface area contributed by atoms with Gasteiger partial charge in [-0.15, -0.1) is 0 Å². The van der Waals surface area contributed by atoms with Gasteiger partial charge in [-0.2, -0.15) is 0 Å². The van der Waals surface area contributed by atoms with Gasteiger partial charge in [0.1, 0.15) is 5.82 Å². The summed E-state index contributed by atoms with van der Waals surface area (Å²) in [7, 11) is 1.57. The van der Waals surface area contributed by atoms with Crippen LogP contribution in [-0.4, -0.2) is 35.6 Å². The highest BCUT2D eigenvalue weighted by Crippen LogP contribution is 2.00. The summed E-state index contributed by atoms with van der Waals surface area (Å²) in [6, 6.07) is -0.0831. The van der Waals surface area contributed by atoms with E-state index >= 15 is 0 Å². The Morgan fingerprint density at radius 1 is 1.50 bits per heavy atom. The molecule has 1 aromatic heterocycles. The van der Waals surface area contributed by atoms with E-state index in [4.69, 9.17) is 4.74 Å². The molecule has 0 bridgehead atoms. The third-order valence-electron chi connectivity index (χ3n) is 2.50. The van der Waals surface area contributed by atoms with Crippen molar-refractivity contribution < 1.29 is 9.53 Å². The van der Waals surface area contributed by atoms with Gasteiger partial charge in [0.15, 0.2) is 0 Å². The Morgan fingerprint density at radius 2 is 2.17 bits per heavy atom. The summed E-state index contributed by atoms with van der Waals surface area (Å²) in [5, 5.41) is 2.75. The van der Waals surface area contributed by atoms with Crippen molar-refractivity contribution in [3.05, 3.63) is 27.4 Å². The average Bonchev–Trinajstić information content (AvgIpc) is 2.23. The van der Waals surface area contributed by atoms with Gasteiger partial charge in [0.05, 0.1) is 13.0 Å². The van der Waals surface area contributed by atoms with E-state index in [1.165, 1.54) is 0 Å². The second-order valence-corrected chi connectivity index (χ2v) is 4.32. The molecule has 0 aromatic carbocycles. The van der Waals surface area contributed by atoms with Crippen molar-refractivity contribution in [1.29, 1.82) is 0 Å². The van der Waals surface area contributed by atoms with E-state index in [9.17, 15) is 9.59 Å². The SMILES string of the molecule is COC[C@H](C)NC(=O)Cc1c(C)nc(C)[nH]c1=O. The third-order valence-corrected chi connectivity index (χ3v) is 2.50. The van der Waals surface area contributed by atoms with Crippen molar-refractivity contribution in [2.45, 2.75) is 33.2 Å². The third kappa shape index (κ3) is 3.96. The number of methoxy groups -OCH3 is 1. The molecule has 100 valence electrons. The Balaban J connectivity index is 2.74. The molecule has 2 N–H and O–H groups in total. The molecule has 18 heavy (non-hydrogen) atoms. The van der Waals surface area contributed by atoms with Gasteiger partial charge in [0.2, 0.25) is 5.91 Å². The van der Waals surface area contributed by atoms with Crippen LogP contribution in [0.5, 0.6) is 0 Å². The minimum atomic E-state index is -0.255. The number of aryl methyl sites for hydroxylation is 2. The van der Waals surface area contributed by atoms with Crippen LogP contribution >= 0.6 is 0 Å². The van der Waals surface area contributed by atoms with E-state index in [-0.39, 0.29) is 23.9 Å². The van der Waals surface area contributed by atoms with Crippen LogP contribution in [-0.2, 0) is 16.0 Å². The molecule has 0 radical (unpaired) electrons. The van der Waals surface area contributed by atoms with Crippen molar-refractivity contribution in [3.63, 3.8) is 0 Å². The van der Waals surface area contributed by atoms with Crippen LogP contribution in [0.1, 0.15) is 24.0 Å². The first-order chi connectivity index (χ1) is 8.43. The monoisotopic (exact) mass is 253 g/mol.